The molecule has 88 valence electrons. The van der Waals surface area contributed by atoms with Crippen LogP contribution in [0.15, 0.2) is 18.7 Å². The molecule has 0 amide bonds. The molecule has 0 saturated carbocycles. The highest BCUT2D eigenvalue weighted by atomic mass is 16.5. The minimum absolute atomic E-state index is 0.157. The van der Waals surface area contributed by atoms with E-state index in [2.05, 4.69) is 15.3 Å². The summed E-state index contributed by atoms with van der Waals surface area (Å²) in [6.07, 6.45) is 6.10. The molecule has 5 heteroatoms. The summed E-state index contributed by atoms with van der Waals surface area (Å²) in [7, 11) is 1.74. The zero-order valence-corrected chi connectivity index (χ0v) is 9.48. The van der Waals surface area contributed by atoms with E-state index in [1.807, 2.05) is 12.4 Å². The zero-order valence-electron chi connectivity index (χ0n) is 9.48. The maximum absolute atomic E-state index is 5.52. The van der Waals surface area contributed by atoms with E-state index in [4.69, 9.17) is 9.47 Å². The van der Waals surface area contributed by atoms with Crippen LogP contribution < -0.4 is 5.32 Å². The van der Waals surface area contributed by atoms with Crippen molar-refractivity contribution >= 4 is 0 Å². The van der Waals surface area contributed by atoms with Crippen LogP contribution in [0.25, 0.3) is 0 Å². The first-order valence-corrected chi connectivity index (χ1v) is 5.42. The lowest BCUT2D eigenvalue weighted by Gasteiger charge is -2.25. The Morgan fingerprint density at radius 3 is 2.94 bits per heavy atom. The minimum Gasteiger partial charge on any atom is -0.378 e. The van der Waals surface area contributed by atoms with Crippen LogP contribution in [0.1, 0.15) is 12.0 Å². The molecule has 0 radical (unpaired) electrons. The second-order valence-corrected chi connectivity index (χ2v) is 4.04. The monoisotopic (exact) mass is 223 g/mol. The van der Waals surface area contributed by atoms with E-state index < -0.39 is 0 Å². The molecule has 1 unspecified atom stereocenters. The molecule has 0 aromatic carbocycles. The van der Waals surface area contributed by atoms with Crippen LogP contribution in [0.4, 0.5) is 0 Å². The van der Waals surface area contributed by atoms with Gasteiger partial charge in [-0.1, -0.05) is 0 Å². The fourth-order valence-corrected chi connectivity index (χ4v) is 1.82. The molecular formula is C11H17N3O2. The molecule has 1 atom stereocenters. The summed E-state index contributed by atoms with van der Waals surface area (Å²) in [5, 5.41) is 3.35. The molecule has 1 fully saturated rings. The molecule has 1 aromatic heterocycles. The molecule has 1 aliphatic heterocycles. The van der Waals surface area contributed by atoms with Crippen LogP contribution in [0, 0.1) is 0 Å². The molecule has 1 aromatic rings. The van der Waals surface area contributed by atoms with Crippen LogP contribution in [-0.4, -0.2) is 42.4 Å². The van der Waals surface area contributed by atoms with Crippen molar-refractivity contribution in [2.75, 3.05) is 26.9 Å². The number of nitrogens with zero attached hydrogens (tertiary/aromatic N) is 2. The van der Waals surface area contributed by atoms with Gasteiger partial charge >= 0.3 is 0 Å². The summed E-state index contributed by atoms with van der Waals surface area (Å²) in [5.74, 6) is 0. The summed E-state index contributed by atoms with van der Waals surface area (Å²) in [6.45, 7) is 3.00. The molecule has 0 aliphatic carbocycles. The van der Waals surface area contributed by atoms with Gasteiger partial charge in [-0.3, -0.25) is 0 Å². The lowest BCUT2D eigenvalue weighted by Crippen LogP contribution is -2.42. The number of aromatic nitrogens is 2. The Morgan fingerprint density at radius 2 is 2.31 bits per heavy atom. The summed E-state index contributed by atoms with van der Waals surface area (Å²) < 4.78 is 10.9. The van der Waals surface area contributed by atoms with Crippen LogP contribution in [0.2, 0.25) is 0 Å². The summed E-state index contributed by atoms with van der Waals surface area (Å²) in [5.41, 5.74) is 0.919. The van der Waals surface area contributed by atoms with Gasteiger partial charge in [-0.25, -0.2) is 9.97 Å². The third kappa shape index (κ3) is 2.75. The summed E-state index contributed by atoms with van der Waals surface area (Å²) in [4.78, 5) is 7.93. The van der Waals surface area contributed by atoms with Gasteiger partial charge in [0.15, 0.2) is 0 Å². The van der Waals surface area contributed by atoms with E-state index in [1.54, 1.807) is 7.11 Å². The van der Waals surface area contributed by atoms with Gasteiger partial charge in [0.2, 0.25) is 0 Å². The Hall–Kier alpha value is -1.04. The first-order valence-electron chi connectivity index (χ1n) is 5.42. The van der Waals surface area contributed by atoms with Crippen molar-refractivity contribution < 1.29 is 9.47 Å². The predicted octanol–water partition coefficient (Wildman–Crippen LogP) is 0.372. The van der Waals surface area contributed by atoms with E-state index in [9.17, 15) is 0 Å². The van der Waals surface area contributed by atoms with Crippen molar-refractivity contribution in [1.82, 2.24) is 15.3 Å². The van der Waals surface area contributed by atoms with Gasteiger partial charge in [-0.05, 0) is 0 Å². The zero-order chi connectivity index (χ0) is 11.3. The number of ether oxygens (including phenoxy) is 2. The van der Waals surface area contributed by atoms with Crippen LogP contribution in [0.5, 0.6) is 0 Å². The van der Waals surface area contributed by atoms with E-state index in [1.165, 1.54) is 6.33 Å². The molecule has 1 N–H and O–H groups in total. The number of nitrogens with one attached hydrogen (secondary N) is 1. The van der Waals surface area contributed by atoms with Gasteiger partial charge in [0.1, 0.15) is 11.9 Å². The lowest BCUT2D eigenvalue weighted by molar-refractivity contribution is -0.0159. The average molecular weight is 223 g/mol. The highest BCUT2D eigenvalue weighted by molar-refractivity contribution is 5.02. The fraction of sp³-hybridized carbons (Fsp3) is 0.636. The topological polar surface area (TPSA) is 56.3 Å². The van der Waals surface area contributed by atoms with E-state index >= 15 is 0 Å². The van der Waals surface area contributed by atoms with Crippen molar-refractivity contribution in [1.29, 1.82) is 0 Å². The SMILES string of the molecule is COC1(CNCc2cncnc2)CCOC1. The Bertz CT molecular complexity index is 312. The first-order chi connectivity index (χ1) is 7.85. The number of hydrogen-bond acceptors (Lipinski definition) is 5. The van der Waals surface area contributed by atoms with E-state index in [0.29, 0.717) is 6.61 Å². The van der Waals surface area contributed by atoms with Crippen molar-refractivity contribution in [3.05, 3.63) is 24.3 Å². The Labute approximate surface area is 95.2 Å². The average Bonchev–Trinajstić information content (AvgIpc) is 2.80. The molecule has 16 heavy (non-hydrogen) atoms. The summed E-state index contributed by atoms with van der Waals surface area (Å²) >= 11 is 0. The second kappa shape index (κ2) is 5.34. The number of methoxy groups -OCH3 is 1. The quantitative estimate of drug-likeness (QED) is 0.781. The highest BCUT2D eigenvalue weighted by Crippen LogP contribution is 2.21. The third-order valence-corrected chi connectivity index (χ3v) is 2.89. The van der Waals surface area contributed by atoms with Crippen LogP contribution in [0.3, 0.4) is 0 Å². The van der Waals surface area contributed by atoms with Gasteiger partial charge in [0, 0.05) is 51.2 Å². The van der Waals surface area contributed by atoms with Gasteiger partial charge < -0.3 is 14.8 Å². The van der Waals surface area contributed by atoms with Crippen molar-refractivity contribution in [2.24, 2.45) is 0 Å². The van der Waals surface area contributed by atoms with E-state index in [-0.39, 0.29) is 5.60 Å². The van der Waals surface area contributed by atoms with Crippen LogP contribution >= 0.6 is 0 Å². The maximum atomic E-state index is 5.52. The molecule has 1 aliphatic rings. The fourth-order valence-electron chi connectivity index (χ4n) is 1.82. The largest absolute Gasteiger partial charge is 0.378 e. The Balaban J connectivity index is 1.79. The number of hydrogen-bond donors (Lipinski definition) is 1. The van der Waals surface area contributed by atoms with Crippen LogP contribution in [-0.2, 0) is 16.0 Å². The molecule has 0 spiro atoms. The molecule has 2 rings (SSSR count). The molecule has 2 heterocycles. The molecular weight excluding hydrogens is 206 g/mol. The molecule has 5 nitrogen and oxygen atoms in total. The van der Waals surface area contributed by atoms with Gasteiger partial charge in [-0.2, -0.15) is 0 Å². The van der Waals surface area contributed by atoms with Gasteiger partial charge in [0.05, 0.1) is 6.61 Å². The standard InChI is InChI=1S/C11H17N3O2/c1-15-11(2-3-16-8-11)7-12-4-10-5-13-9-14-6-10/h5-6,9,12H,2-4,7-8H2,1H3. The first kappa shape index (κ1) is 11.4. The van der Waals surface area contributed by atoms with Crippen molar-refractivity contribution in [3.8, 4) is 0 Å². The molecule has 0 bridgehead atoms. The highest BCUT2D eigenvalue weighted by Gasteiger charge is 2.34. The Kier molecular flexibility index (Phi) is 3.82. The number of rotatable bonds is 5. The maximum Gasteiger partial charge on any atom is 0.115 e. The smallest absolute Gasteiger partial charge is 0.115 e. The second-order valence-electron chi connectivity index (χ2n) is 4.04. The van der Waals surface area contributed by atoms with Crippen molar-refractivity contribution in [3.63, 3.8) is 0 Å². The summed E-state index contributed by atoms with van der Waals surface area (Å²) in [6, 6.07) is 0. The third-order valence-electron chi connectivity index (χ3n) is 2.89. The normalized spacial score (nSPS) is 24.8. The minimum atomic E-state index is -0.157. The van der Waals surface area contributed by atoms with Gasteiger partial charge in [-0.15, -0.1) is 0 Å². The predicted molar refractivity (Wildman–Crippen MR) is 58.9 cm³/mol. The molecule has 1 saturated heterocycles. The lowest BCUT2D eigenvalue weighted by atomic mass is 10.0. The Morgan fingerprint density at radius 1 is 1.50 bits per heavy atom. The van der Waals surface area contributed by atoms with E-state index in [0.717, 1.165) is 31.7 Å². The van der Waals surface area contributed by atoms with Gasteiger partial charge in [0.25, 0.3) is 0 Å². The van der Waals surface area contributed by atoms with Crippen molar-refractivity contribution in [2.45, 2.75) is 18.6 Å².